The number of nitrogens with zero attached hydrogens (tertiary/aromatic N) is 3. The number of fused-ring (bicyclic) bond motifs is 1. The van der Waals surface area contributed by atoms with E-state index >= 15 is 0 Å². The minimum absolute atomic E-state index is 0.105. The third kappa shape index (κ3) is 2.49. The Morgan fingerprint density at radius 3 is 2.48 bits per heavy atom. The Morgan fingerprint density at radius 2 is 1.87 bits per heavy atom. The van der Waals surface area contributed by atoms with Gasteiger partial charge in [-0.05, 0) is 18.2 Å². The van der Waals surface area contributed by atoms with Crippen molar-refractivity contribution in [3.05, 3.63) is 63.0 Å². The fourth-order valence-corrected chi connectivity index (χ4v) is 3.86. The standard InChI is InChI=1S/C13H7BrFN3O4S/c14-8-6-10-12(11(7-8)18(19)20)13(15)16-17(10)23(21,22)9-4-2-1-3-5-9/h1-7H. The molecule has 0 unspecified atom stereocenters. The molecule has 0 aliphatic carbocycles. The third-order valence-electron chi connectivity index (χ3n) is 3.12. The van der Waals surface area contributed by atoms with Crippen molar-refractivity contribution in [3.8, 4) is 0 Å². The summed E-state index contributed by atoms with van der Waals surface area (Å²) in [5.41, 5.74) is -0.784. The zero-order valence-electron chi connectivity index (χ0n) is 11.2. The molecule has 0 bridgehead atoms. The monoisotopic (exact) mass is 399 g/mol. The lowest BCUT2D eigenvalue weighted by Gasteiger charge is -2.05. The van der Waals surface area contributed by atoms with Crippen molar-refractivity contribution in [2.75, 3.05) is 0 Å². The molecule has 0 radical (unpaired) electrons. The SMILES string of the molecule is O=[N+]([O-])c1cc(Br)cc2c1c(F)nn2S(=O)(=O)c1ccccc1. The van der Waals surface area contributed by atoms with Gasteiger partial charge in [-0.15, -0.1) is 9.19 Å². The summed E-state index contributed by atoms with van der Waals surface area (Å²) in [4.78, 5) is 10.2. The van der Waals surface area contributed by atoms with Crippen LogP contribution in [0.2, 0.25) is 0 Å². The number of aromatic nitrogens is 2. The lowest BCUT2D eigenvalue weighted by atomic mass is 10.2. The van der Waals surface area contributed by atoms with Gasteiger partial charge in [0.15, 0.2) is 0 Å². The molecule has 3 rings (SSSR count). The molecule has 118 valence electrons. The first-order chi connectivity index (χ1) is 10.8. The van der Waals surface area contributed by atoms with E-state index in [1.807, 2.05) is 0 Å². The summed E-state index contributed by atoms with van der Waals surface area (Å²) in [6, 6.07) is 9.65. The molecule has 23 heavy (non-hydrogen) atoms. The molecule has 2 aromatic carbocycles. The molecule has 10 heteroatoms. The number of non-ortho nitro benzene ring substituents is 1. The van der Waals surface area contributed by atoms with Crippen LogP contribution >= 0.6 is 15.9 Å². The first-order valence-electron chi connectivity index (χ1n) is 6.15. The summed E-state index contributed by atoms with van der Waals surface area (Å²) < 4.78 is 40.0. The predicted molar refractivity (Wildman–Crippen MR) is 83.1 cm³/mol. The second kappa shape index (κ2) is 5.39. The van der Waals surface area contributed by atoms with Gasteiger partial charge in [-0.1, -0.05) is 34.1 Å². The van der Waals surface area contributed by atoms with Crippen LogP contribution in [0.5, 0.6) is 0 Å². The highest BCUT2D eigenvalue weighted by molar-refractivity contribution is 9.10. The van der Waals surface area contributed by atoms with E-state index in [-0.39, 0.29) is 14.9 Å². The second-order valence-corrected chi connectivity index (χ2v) is 7.21. The quantitative estimate of drug-likeness (QED) is 0.498. The van der Waals surface area contributed by atoms with Crippen molar-refractivity contribution in [2.24, 2.45) is 0 Å². The highest BCUT2D eigenvalue weighted by Crippen LogP contribution is 2.33. The van der Waals surface area contributed by atoms with Crippen LogP contribution in [0.4, 0.5) is 10.1 Å². The minimum atomic E-state index is -4.18. The minimum Gasteiger partial charge on any atom is -0.258 e. The maximum Gasteiger partial charge on any atom is 0.284 e. The van der Waals surface area contributed by atoms with Gasteiger partial charge in [0, 0.05) is 10.5 Å². The van der Waals surface area contributed by atoms with E-state index in [1.54, 1.807) is 6.07 Å². The van der Waals surface area contributed by atoms with Gasteiger partial charge in [0.25, 0.3) is 15.7 Å². The number of nitro groups is 1. The van der Waals surface area contributed by atoms with Gasteiger partial charge < -0.3 is 0 Å². The fraction of sp³-hybridized carbons (Fsp3) is 0. The molecule has 3 aromatic rings. The third-order valence-corrected chi connectivity index (χ3v) is 5.18. The molecule has 1 heterocycles. The van der Waals surface area contributed by atoms with Crippen LogP contribution in [-0.4, -0.2) is 22.5 Å². The number of nitro benzene ring substituents is 1. The molecule has 1 aromatic heterocycles. The van der Waals surface area contributed by atoms with Gasteiger partial charge in [-0.2, -0.15) is 12.8 Å². The zero-order chi connectivity index (χ0) is 16.8. The first kappa shape index (κ1) is 15.6. The van der Waals surface area contributed by atoms with E-state index in [0.717, 1.165) is 6.07 Å². The number of rotatable bonds is 3. The molecule has 0 saturated heterocycles. The Hall–Kier alpha value is -2.33. The topological polar surface area (TPSA) is 95.1 Å². The smallest absolute Gasteiger partial charge is 0.258 e. The summed E-state index contributed by atoms with van der Waals surface area (Å²) in [5, 5.41) is 14.0. The summed E-state index contributed by atoms with van der Waals surface area (Å²) in [6.45, 7) is 0. The Kier molecular flexibility index (Phi) is 3.65. The van der Waals surface area contributed by atoms with Crippen LogP contribution in [0.25, 0.3) is 10.9 Å². The molecule has 0 spiro atoms. The van der Waals surface area contributed by atoms with E-state index < -0.39 is 32.0 Å². The van der Waals surface area contributed by atoms with E-state index in [2.05, 4.69) is 21.0 Å². The summed E-state index contributed by atoms with van der Waals surface area (Å²) >= 11 is 3.06. The molecular formula is C13H7BrFN3O4S. The maximum absolute atomic E-state index is 14.1. The lowest BCUT2D eigenvalue weighted by molar-refractivity contribution is -0.383. The maximum atomic E-state index is 14.1. The average Bonchev–Trinajstić information content (AvgIpc) is 2.85. The van der Waals surface area contributed by atoms with E-state index in [0.29, 0.717) is 4.09 Å². The van der Waals surface area contributed by atoms with Crippen LogP contribution in [0, 0.1) is 16.1 Å². The Bertz CT molecular complexity index is 1030. The highest BCUT2D eigenvalue weighted by atomic mass is 79.9. The summed E-state index contributed by atoms with van der Waals surface area (Å²) in [7, 11) is -4.18. The van der Waals surface area contributed by atoms with Gasteiger partial charge >= 0.3 is 0 Å². The number of benzene rings is 2. The van der Waals surface area contributed by atoms with Gasteiger partial charge in [0.2, 0.25) is 5.95 Å². The van der Waals surface area contributed by atoms with Crippen LogP contribution in [-0.2, 0) is 10.0 Å². The lowest BCUT2D eigenvalue weighted by Crippen LogP contribution is -2.14. The Morgan fingerprint density at radius 1 is 1.22 bits per heavy atom. The zero-order valence-corrected chi connectivity index (χ0v) is 13.6. The molecule has 0 amide bonds. The first-order valence-corrected chi connectivity index (χ1v) is 8.38. The van der Waals surface area contributed by atoms with Crippen LogP contribution in [0.1, 0.15) is 0 Å². The van der Waals surface area contributed by atoms with Gasteiger partial charge in [-0.3, -0.25) is 10.1 Å². The van der Waals surface area contributed by atoms with Crippen molar-refractivity contribution >= 4 is 42.5 Å². The number of hydrogen-bond acceptors (Lipinski definition) is 5. The fourth-order valence-electron chi connectivity index (χ4n) is 2.14. The molecular weight excluding hydrogens is 393 g/mol. The summed E-state index contributed by atoms with van der Waals surface area (Å²) in [6.07, 6.45) is 0. The Balaban J connectivity index is 2.39. The highest BCUT2D eigenvalue weighted by Gasteiger charge is 2.28. The number of hydrogen-bond donors (Lipinski definition) is 0. The molecule has 0 atom stereocenters. The van der Waals surface area contributed by atoms with Crippen molar-refractivity contribution in [2.45, 2.75) is 4.90 Å². The van der Waals surface area contributed by atoms with E-state index in [1.165, 1.54) is 30.3 Å². The van der Waals surface area contributed by atoms with Crippen molar-refractivity contribution < 1.29 is 17.7 Å². The van der Waals surface area contributed by atoms with Crippen molar-refractivity contribution in [1.29, 1.82) is 0 Å². The average molecular weight is 400 g/mol. The van der Waals surface area contributed by atoms with Crippen molar-refractivity contribution in [3.63, 3.8) is 0 Å². The largest absolute Gasteiger partial charge is 0.284 e. The number of halogens is 2. The van der Waals surface area contributed by atoms with Gasteiger partial charge in [-0.25, -0.2) is 0 Å². The molecule has 0 aliphatic heterocycles. The molecule has 0 fully saturated rings. The normalized spacial score (nSPS) is 11.7. The van der Waals surface area contributed by atoms with Crippen LogP contribution in [0.15, 0.2) is 51.8 Å². The van der Waals surface area contributed by atoms with E-state index in [4.69, 9.17) is 0 Å². The second-order valence-electron chi connectivity index (χ2n) is 4.53. The van der Waals surface area contributed by atoms with Crippen LogP contribution < -0.4 is 0 Å². The van der Waals surface area contributed by atoms with Crippen LogP contribution in [0.3, 0.4) is 0 Å². The molecule has 7 nitrogen and oxygen atoms in total. The molecule has 0 N–H and O–H groups in total. The molecule has 0 saturated carbocycles. The van der Waals surface area contributed by atoms with Crippen molar-refractivity contribution in [1.82, 2.24) is 9.19 Å². The molecule has 0 aliphatic rings. The Labute approximate surface area is 137 Å². The van der Waals surface area contributed by atoms with Gasteiger partial charge in [0.05, 0.1) is 15.3 Å². The predicted octanol–water partition coefficient (Wildman–Crippen LogP) is 3.08. The van der Waals surface area contributed by atoms with Gasteiger partial charge in [0.1, 0.15) is 5.39 Å². The van der Waals surface area contributed by atoms with E-state index in [9.17, 15) is 22.9 Å². The summed E-state index contributed by atoms with van der Waals surface area (Å²) in [5.74, 6) is -1.22.